The van der Waals surface area contributed by atoms with Gasteiger partial charge in [-0.2, -0.15) is 0 Å². The molecule has 3 rings (SSSR count). The molecule has 26 heavy (non-hydrogen) atoms. The number of rotatable bonds is 6. The average Bonchev–Trinajstić information content (AvgIpc) is 3.12. The number of fused-ring (bicyclic) bond motifs is 1. The number of hydrogen-bond acceptors (Lipinski definition) is 5. The molecule has 0 radical (unpaired) electrons. The fraction of sp³-hybridized carbons (Fsp3) is 0.316. The van der Waals surface area contributed by atoms with Gasteiger partial charge in [-0.25, -0.2) is 0 Å². The summed E-state index contributed by atoms with van der Waals surface area (Å²) in [6.45, 7) is 2.23. The molecule has 1 aliphatic rings. The van der Waals surface area contributed by atoms with Crippen LogP contribution >= 0.6 is 12.4 Å². The number of ether oxygens (including phenoxy) is 3. The van der Waals surface area contributed by atoms with Gasteiger partial charge in [-0.15, -0.1) is 12.4 Å². The van der Waals surface area contributed by atoms with Crippen LogP contribution in [0.25, 0.3) is 0 Å². The standard InChI is InChI=1S/C19H22N2O4.ClH/c1-23-16-7-6-15(17(24-2)18(16)25-3)19(22)21-9-12-4-5-13-10-20-11-14(13)8-12;/h4-8,20H,9-11H2,1-3H3,(H,21,22);1H. The van der Waals surface area contributed by atoms with Crippen LogP contribution in [0.15, 0.2) is 30.3 Å². The Morgan fingerprint density at radius 1 is 1.00 bits per heavy atom. The summed E-state index contributed by atoms with van der Waals surface area (Å²) in [5.74, 6) is 1.05. The van der Waals surface area contributed by atoms with E-state index in [1.807, 2.05) is 6.07 Å². The largest absolute Gasteiger partial charge is 0.493 e. The lowest BCUT2D eigenvalue weighted by Crippen LogP contribution is -2.23. The second-order valence-corrected chi connectivity index (χ2v) is 5.77. The van der Waals surface area contributed by atoms with Crippen molar-refractivity contribution < 1.29 is 19.0 Å². The van der Waals surface area contributed by atoms with Crippen molar-refractivity contribution in [1.29, 1.82) is 0 Å². The predicted molar refractivity (Wildman–Crippen MR) is 102 cm³/mol. The Kier molecular flexibility index (Phi) is 6.71. The highest BCUT2D eigenvalue weighted by atomic mass is 35.5. The van der Waals surface area contributed by atoms with Crippen LogP contribution in [0.1, 0.15) is 27.0 Å². The fourth-order valence-electron chi connectivity index (χ4n) is 3.02. The molecule has 6 nitrogen and oxygen atoms in total. The number of methoxy groups -OCH3 is 3. The minimum Gasteiger partial charge on any atom is -0.493 e. The number of carbonyl (C=O) groups is 1. The Balaban J connectivity index is 0.00000243. The third-order valence-corrected chi connectivity index (χ3v) is 4.30. The van der Waals surface area contributed by atoms with E-state index >= 15 is 0 Å². The monoisotopic (exact) mass is 378 g/mol. The Hall–Kier alpha value is -2.44. The zero-order chi connectivity index (χ0) is 17.8. The van der Waals surface area contributed by atoms with Crippen molar-refractivity contribution in [3.05, 3.63) is 52.6 Å². The number of nitrogens with one attached hydrogen (secondary N) is 2. The second-order valence-electron chi connectivity index (χ2n) is 5.77. The fourth-order valence-corrected chi connectivity index (χ4v) is 3.02. The van der Waals surface area contributed by atoms with Crippen LogP contribution in [0.2, 0.25) is 0 Å². The van der Waals surface area contributed by atoms with Crippen molar-refractivity contribution in [2.45, 2.75) is 19.6 Å². The highest BCUT2D eigenvalue weighted by Gasteiger charge is 2.20. The van der Waals surface area contributed by atoms with E-state index in [-0.39, 0.29) is 18.3 Å². The SMILES string of the molecule is COc1ccc(C(=O)NCc2ccc3c(c2)CNC3)c(OC)c1OC.Cl. The van der Waals surface area contributed by atoms with E-state index < -0.39 is 0 Å². The van der Waals surface area contributed by atoms with Gasteiger partial charge in [-0.05, 0) is 28.8 Å². The minimum atomic E-state index is -0.226. The van der Waals surface area contributed by atoms with E-state index in [1.165, 1.54) is 25.3 Å². The minimum absolute atomic E-state index is 0. The van der Waals surface area contributed by atoms with Crippen LogP contribution in [-0.4, -0.2) is 27.2 Å². The van der Waals surface area contributed by atoms with Crippen LogP contribution < -0.4 is 24.8 Å². The lowest BCUT2D eigenvalue weighted by molar-refractivity contribution is 0.0947. The van der Waals surface area contributed by atoms with Crippen LogP contribution in [0, 0.1) is 0 Å². The van der Waals surface area contributed by atoms with Gasteiger partial charge in [0.25, 0.3) is 5.91 Å². The summed E-state index contributed by atoms with van der Waals surface area (Å²) in [5, 5.41) is 6.25. The molecule has 0 aromatic heterocycles. The summed E-state index contributed by atoms with van der Waals surface area (Å²) < 4.78 is 15.9. The average molecular weight is 379 g/mol. The summed E-state index contributed by atoms with van der Waals surface area (Å²) in [6.07, 6.45) is 0. The third-order valence-electron chi connectivity index (χ3n) is 4.30. The zero-order valence-electron chi connectivity index (χ0n) is 15.0. The molecule has 0 atom stereocenters. The molecule has 1 aliphatic heterocycles. The number of benzene rings is 2. The van der Waals surface area contributed by atoms with Gasteiger partial charge >= 0.3 is 0 Å². The van der Waals surface area contributed by atoms with Crippen molar-refractivity contribution in [3.8, 4) is 17.2 Å². The van der Waals surface area contributed by atoms with Crippen molar-refractivity contribution in [2.24, 2.45) is 0 Å². The molecular formula is C19H23ClN2O4. The molecule has 0 bridgehead atoms. The van der Waals surface area contributed by atoms with Gasteiger partial charge < -0.3 is 24.8 Å². The van der Waals surface area contributed by atoms with Crippen LogP contribution in [-0.2, 0) is 19.6 Å². The van der Waals surface area contributed by atoms with Crippen molar-refractivity contribution in [2.75, 3.05) is 21.3 Å². The van der Waals surface area contributed by atoms with Gasteiger partial charge in [0.15, 0.2) is 11.5 Å². The second kappa shape index (κ2) is 8.78. The molecule has 1 heterocycles. The Morgan fingerprint density at radius 3 is 2.42 bits per heavy atom. The van der Waals surface area contributed by atoms with E-state index in [2.05, 4.69) is 22.8 Å². The molecule has 0 saturated carbocycles. The number of carbonyl (C=O) groups excluding carboxylic acids is 1. The molecule has 2 N–H and O–H groups in total. The number of amides is 1. The van der Waals surface area contributed by atoms with Gasteiger partial charge in [-0.1, -0.05) is 18.2 Å². The summed E-state index contributed by atoms with van der Waals surface area (Å²) >= 11 is 0. The third kappa shape index (κ3) is 3.86. The predicted octanol–water partition coefficient (Wildman–Crippen LogP) is 2.67. The van der Waals surface area contributed by atoms with Crippen molar-refractivity contribution in [1.82, 2.24) is 10.6 Å². The van der Waals surface area contributed by atoms with Crippen molar-refractivity contribution in [3.63, 3.8) is 0 Å². The normalized spacial score (nSPS) is 12.0. The first kappa shape index (κ1) is 19.9. The lowest BCUT2D eigenvalue weighted by Gasteiger charge is -2.15. The smallest absolute Gasteiger partial charge is 0.255 e. The maximum absolute atomic E-state index is 12.6. The highest BCUT2D eigenvalue weighted by molar-refractivity contribution is 5.98. The van der Waals surface area contributed by atoms with Gasteiger partial charge in [-0.3, -0.25) is 4.79 Å². The van der Waals surface area contributed by atoms with Crippen LogP contribution in [0.5, 0.6) is 17.2 Å². The van der Waals surface area contributed by atoms with Crippen molar-refractivity contribution >= 4 is 18.3 Å². The Labute approximate surface area is 159 Å². The first-order valence-electron chi connectivity index (χ1n) is 8.06. The first-order chi connectivity index (χ1) is 12.2. The maximum Gasteiger partial charge on any atom is 0.255 e. The molecule has 0 aliphatic carbocycles. The summed E-state index contributed by atoms with van der Waals surface area (Å²) in [5.41, 5.74) is 4.07. The molecule has 140 valence electrons. The molecule has 0 unspecified atom stereocenters. The molecule has 2 aromatic carbocycles. The molecule has 7 heteroatoms. The van der Waals surface area contributed by atoms with E-state index in [9.17, 15) is 4.79 Å². The van der Waals surface area contributed by atoms with Crippen LogP contribution in [0.3, 0.4) is 0 Å². The lowest BCUT2D eigenvalue weighted by atomic mass is 10.1. The number of hydrogen-bond donors (Lipinski definition) is 2. The first-order valence-corrected chi connectivity index (χ1v) is 8.06. The molecular weight excluding hydrogens is 356 g/mol. The van der Waals surface area contributed by atoms with Crippen LogP contribution in [0.4, 0.5) is 0 Å². The molecule has 2 aromatic rings. The molecule has 0 saturated heterocycles. The van der Waals surface area contributed by atoms with E-state index in [4.69, 9.17) is 14.2 Å². The maximum atomic E-state index is 12.6. The van der Waals surface area contributed by atoms with Gasteiger partial charge in [0, 0.05) is 19.6 Å². The van der Waals surface area contributed by atoms with Gasteiger partial charge in [0.05, 0.1) is 26.9 Å². The van der Waals surface area contributed by atoms with Gasteiger partial charge in [0.2, 0.25) is 5.75 Å². The quantitative estimate of drug-likeness (QED) is 0.808. The summed E-state index contributed by atoms with van der Waals surface area (Å²) in [7, 11) is 4.56. The zero-order valence-corrected chi connectivity index (χ0v) is 15.9. The van der Waals surface area contributed by atoms with Gasteiger partial charge in [0.1, 0.15) is 0 Å². The topological polar surface area (TPSA) is 68.8 Å². The highest BCUT2D eigenvalue weighted by Crippen LogP contribution is 2.39. The van der Waals surface area contributed by atoms with E-state index in [0.717, 1.165) is 18.7 Å². The van der Waals surface area contributed by atoms with E-state index in [1.54, 1.807) is 19.2 Å². The van der Waals surface area contributed by atoms with E-state index in [0.29, 0.717) is 29.4 Å². The number of halogens is 1. The molecule has 1 amide bonds. The molecule has 0 fully saturated rings. The summed E-state index contributed by atoms with van der Waals surface area (Å²) in [4.78, 5) is 12.6. The summed E-state index contributed by atoms with van der Waals surface area (Å²) in [6, 6.07) is 9.63. The Morgan fingerprint density at radius 2 is 1.73 bits per heavy atom. The Bertz CT molecular complexity index is 795. The molecule has 0 spiro atoms.